The van der Waals surface area contributed by atoms with Gasteiger partial charge in [0.1, 0.15) is 5.75 Å². The SMILES string of the molecule is CCCNC(=O)C1CCN(Cc2cccc(OCC)c2)CC1. The highest BCUT2D eigenvalue weighted by atomic mass is 16.5. The smallest absolute Gasteiger partial charge is 0.223 e. The molecule has 122 valence electrons. The van der Waals surface area contributed by atoms with Crippen molar-refractivity contribution in [1.29, 1.82) is 0 Å². The predicted molar refractivity (Wildman–Crippen MR) is 88.9 cm³/mol. The van der Waals surface area contributed by atoms with Gasteiger partial charge in [-0.25, -0.2) is 0 Å². The molecule has 1 aliphatic rings. The van der Waals surface area contributed by atoms with Crippen LogP contribution in [0.1, 0.15) is 38.7 Å². The van der Waals surface area contributed by atoms with Crippen LogP contribution in [0.25, 0.3) is 0 Å². The highest BCUT2D eigenvalue weighted by molar-refractivity contribution is 5.78. The fourth-order valence-corrected chi connectivity index (χ4v) is 2.90. The summed E-state index contributed by atoms with van der Waals surface area (Å²) in [7, 11) is 0. The van der Waals surface area contributed by atoms with Gasteiger partial charge in [0.2, 0.25) is 5.91 Å². The summed E-state index contributed by atoms with van der Waals surface area (Å²) in [5.41, 5.74) is 1.28. The molecule has 0 bridgehead atoms. The highest BCUT2D eigenvalue weighted by Gasteiger charge is 2.24. The van der Waals surface area contributed by atoms with E-state index in [1.54, 1.807) is 0 Å². The molecule has 1 heterocycles. The van der Waals surface area contributed by atoms with E-state index < -0.39 is 0 Å². The minimum atomic E-state index is 0.192. The van der Waals surface area contributed by atoms with Crippen molar-refractivity contribution in [1.82, 2.24) is 10.2 Å². The van der Waals surface area contributed by atoms with E-state index in [0.717, 1.165) is 51.2 Å². The third-order valence-corrected chi connectivity index (χ3v) is 4.12. The maximum absolute atomic E-state index is 12.0. The third-order valence-electron chi connectivity index (χ3n) is 4.12. The Kier molecular flexibility index (Phi) is 6.72. The quantitative estimate of drug-likeness (QED) is 0.842. The van der Waals surface area contributed by atoms with Crippen LogP contribution in [0.15, 0.2) is 24.3 Å². The lowest BCUT2D eigenvalue weighted by Gasteiger charge is -2.31. The van der Waals surface area contributed by atoms with Crippen molar-refractivity contribution in [3.63, 3.8) is 0 Å². The number of carbonyl (C=O) groups is 1. The Morgan fingerprint density at radius 1 is 1.32 bits per heavy atom. The molecule has 1 amide bonds. The maximum atomic E-state index is 12.0. The number of piperidine rings is 1. The molecule has 0 aliphatic carbocycles. The fraction of sp³-hybridized carbons (Fsp3) is 0.611. The van der Waals surface area contributed by atoms with Gasteiger partial charge in [-0.05, 0) is 57.0 Å². The molecule has 1 aromatic carbocycles. The number of benzene rings is 1. The van der Waals surface area contributed by atoms with E-state index >= 15 is 0 Å². The zero-order valence-corrected chi connectivity index (χ0v) is 13.8. The summed E-state index contributed by atoms with van der Waals surface area (Å²) in [4.78, 5) is 14.4. The van der Waals surface area contributed by atoms with Crippen molar-refractivity contribution in [2.24, 2.45) is 5.92 Å². The average molecular weight is 304 g/mol. The van der Waals surface area contributed by atoms with E-state index in [0.29, 0.717) is 6.61 Å². The van der Waals surface area contributed by atoms with E-state index in [4.69, 9.17) is 4.74 Å². The molecule has 4 heteroatoms. The first-order valence-corrected chi connectivity index (χ1v) is 8.44. The molecule has 1 N–H and O–H groups in total. The normalized spacial score (nSPS) is 16.5. The average Bonchev–Trinajstić information content (AvgIpc) is 2.54. The molecule has 0 atom stereocenters. The van der Waals surface area contributed by atoms with Gasteiger partial charge in [0, 0.05) is 19.0 Å². The Balaban J connectivity index is 1.79. The Hall–Kier alpha value is -1.55. The van der Waals surface area contributed by atoms with Crippen molar-refractivity contribution >= 4 is 5.91 Å². The molecule has 0 radical (unpaired) electrons. The molecule has 0 aromatic heterocycles. The molecule has 1 saturated heterocycles. The standard InChI is InChI=1S/C18H28N2O2/c1-3-10-19-18(21)16-8-11-20(12-9-16)14-15-6-5-7-17(13-15)22-4-2/h5-7,13,16H,3-4,8-12,14H2,1-2H3,(H,19,21). The molecule has 0 saturated carbocycles. The van der Waals surface area contributed by atoms with E-state index in [1.807, 2.05) is 19.1 Å². The van der Waals surface area contributed by atoms with Crippen LogP contribution in [0.5, 0.6) is 5.75 Å². The molecule has 1 aliphatic heterocycles. The molecule has 22 heavy (non-hydrogen) atoms. The zero-order chi connectivity index (χ0) is 15.8. The summed E-state index contributed by atoms with van der Waals surface area (Å²) >= 11 is 0. The summed E-state index contributed by atoms with van der Waals surface area (Å²) < 4.78 is 5.55. The van der Waals surface area contributed by atoms with Gasteiger partial charge in [-0.15, -0.1) is 0 Å². The number of nitrogens with zero attached hydrogens (tertiary/aromatic N) is 1. The number of carbonyl (C=O) groups excluding carboxylic acids is 1. The van der Waals surface area contributed by atoms with Crippen LogP contribution in [-0.2, 0) is 11.3 Å². The van der Waals surface area contributed by atoms with Crippen molar-refractivity contribution in [3.8, 4) is 5.75 Å². The van der Waals surface area contributed by atoms with Gasteiger partial charge >= 0.3 is 0 Å². The van der Waals surface area contributed by atoms with Crippen LogP contribution in [0.3, 0.4) is 0 Å². The number of likely N-dealkylation sites (tertiary alicyclic amines) is 1. The van der Waals surface area contributed by atoms with Gasteiger partial charge in [-0.2, -0.15) is 0 Å². The molecular formula is C18H28N2O2. The molecular weight excluding hydrogens is 276 g/mol. The van der Waals surface area contributed by atoms with E-state index in [1.165, 1.54) is 5.56 Å². The summed E-state index contributed by atoms with van der Waals surface area (Å²) in [6.45, 7) is 8.49. The number of hydrogen-bond donors (Lipinski definition) is 1. The first-order valence-electron chi connectivity index (χ1n) is 8.44. The minimum absolute atomic E-state index is 0.192. The van der Waals surface area contributed by atoms with Crippen LogP contribution in [0, 0.1) is 5.92 Å². The highest BCUT2D eigenvalue weighted by Crippen LogP contribution is 2.21. The topological polar surface area (TPSA) is 41.6 Å². The van der Waals surface area contributed by atoms with E-state index in [-0.39, 0.29) is 11.8 Å². The van der Waals surface area contributed by atoms with Gasteiger partial charge in [0.25, 0.3) is 0 Å². The Morgan fingerprint density at radius 3 is 2.77 bits per heavy atom. The zero-order valence-electron chi connectivity index (χ0n) is 13.8. The van der Waals surface area contributed by atoms with Crippen molar-refractivity contribution in [2.75, 3.05) is 26.2 Å². The first-order chi connectivity index (χ1) is 10.7. The van der Waals surface area contributed by atoms with Crippen LogP contribution >= 0.6 is 0 Å². The number of rotatable bonds is 7. The fourth-order valence-electron chi connectivity index (χ4n) is 2.90. The summed E-state index contributed by atoms with van der Waals surface area (Å²) in [6.07, 6.45) is 2.92. The lowest BCUT2D eigenvalue weighted by atomic mass is 9.95. The Labute approximate surface area is 133 Å². The lowest BCUT2D eigenvalue weighted by molar-refractivity contribution is -0.126. The number of hydrogen-bond acceptors (Lipinski definition) is 3. The van der Waals surface area contributed by atoms with Crippen LogP contribution in [0.4, 0.5) is 0 Å². The van der Waals surface area contributed by atoms with Crippen LogP contribution in [-0.4, -0.2) is 37.0 Å². The molecule has 2 rings (SSSR count). The number of nitrogens with one attached hydrogen (secondary N) is 1. The molecule has 0 spiro atoms. The van der Waals surface area contributed by atoms with Gasteiger partial charge in [-0.1, -0.05) is 19.1 Å². The molecule has 0 unspecified atom stereocenters. The second kappa shape index (κ2) is 8.79. The van der Waals surface area contributed by atoms with Gasteiger partial charge in [-0.3, -0.25) is 9.69 Å². The maximum Gasteiger partial charge on any atom is 0.223 e. The summed E-state index contributed by atoms with van der Waals surface area (Å²) in [5.74, 6) is 1.37. The summed E-state index contributed by atoms with van der Waals surface area (Å²) in [5, 5.41) is 3.01. The Morgan fingerprint density at radius 2 is 2.09 bits per heavy atom. The van der Waals surface area contributed by atoms with Crippen LogP contribution < -0.4 is 10.1 Å². The molecule has 1 aromatic rings. The van der Waals surface area contributed by atoms with Crippen molar-refractivity contribution in [3.05, 3.63) is 29.8 Å². The van der Waals surface area contributed by atoms with E-state index in [9.17, 15) is 4.79 Å². The second-order valence-corrected chi connectivity index (χ2v) is 5.92. The first kappa shape index (κ1) is 16.8. The van der Waals surface area contributed by atoms with Crippen molar-refractivity contribution in [2.45, 2.75) is 39.7 Å². The van der Waals surface area contributed by atoms with E-state index in [2.05, 4.69) is 29.3 Å². The van der Waals surface area contributed by atoms with Crippen molar-refractivity contribution < 1.29 is 9.53 Å². The second-order valence-electron chi connectivity index (χ2n) is 5.92. The number of ether oxygens (including phenoxy) is 1. The van der Waals surface area contributed by atoms with Gasteiger partial charge in [0.05, 0.1) is 6.61 Å². The predicted octanol–water partition coefficient (Wildman–Crippen LogP) is 2.82. The molecule has 1 fully saturated rings. The molecule has 4 nitrogen and oxygen atoms in total. The monoisotopic (exact) mass is 304 g/mol. The van der Waals surface area contributed by atoms with Gasteiger partial charge < -0.3 is 10.1 Å². The van der Waals surface area contributed by atoms with Crippen LogP contribution in [0.2, 0.25) is 0 Å². The number of amides is 1. The third kappa shape index (κ3) is 5.02. The lowest BCUT2D eigenvalue weighted by Crippen LogP contribution is -2.40. The summed E-state index contributed by atoms with van der Waals surface area (Å²) in [6, 6.07) is 8.30. The van der Waals surface area contributed by atoms with Gasteiger partial charge in [0.15, 0.2) is 0 Å². The minimum Gasteiger partial charge on any atom is -0.494 e. The largest absolute Gasteiger partial charge is 0.494 e. The Bertz CT molecular complexity index is 468.